The summed E-state index contributed by atoms with van der Waals surface area (Å²) in [7, 11) is -2.68. The van der Waals surface area contributed by atoms with Crippen LogP contribution in [0.15, 0.2) is 48.5 Å². The minimum Gasteiger partial charge on any atom is -0.464 e. The fourth-order valence-electron chi connectivity index (χ4n) is 5.08. The van der Waals surface area contributed by atoms with Crippen molar-refractivity contribution in [1.29, 1.82) is 0 Å². The Morgan fingerprint density at radius 2 is 1.76 bits per heavy atom. The zero-order valence-corrected chi connectivity index (χ0v) is 23.9. The molecule has 0 saturated carbocycles. The molecule has 2 heterocycles. The Kier molecular flexibility index (Phi) is 7.48. The van der Waals surface area contributed by atoms with E-state index < -0.39 is 33.3 Å². The molecule has 3 aromatic rings. The molecule has 2 aromatic carbocycles. The van der Waals surface area contributed by atoms with Gasteiger partial charge in [-0.05, 0) is 57.4 Å². The predicted molar refractivity (Wildman–Crippen MR) is 148 cm³/mol. The van der Waals surface area contributed by atoms with Crippen molar-refractivity contribution in [3.8, 4) is 0 Å². The summed E-state index contributed by atoms with van der Waals surface area (Å²) in [6, 6.07) is 14.2. The molecule has 1 aliphatic rings. The maximum absolute atomic E-state index is 13.8. The molecule has 2 amide bonds. The Hall–Kier alpha value is -2.79. The number of fused-ring (bicyclic) bond motifs is 1. The minimum atomic E-state index is -4.42. The number of amides is 2. The van der Waals surface area contributed by atoms with Crippen LogP contribution in [-0.4, -0.2) is 57.3 Å². The van der Waals surface area contributed by atoms with Crippen LogP contribution < -0.4 is 5.32 Å². The zero-order valence-electron chi connectivity index (χ0n) is 21.5. The second kappa shape index (κ2) is 10.1. The number of piperidine rings is 1. The molecular weight excluding hydrogens is 551 g/mol. The first kappa shape index (κ1) is 28.2. The van der Waals surface area contributed by atoms with E-state index in [1.807, 2.05) is 30.3 Å². The number of hydrogen-bond donors (Lipinski definition) is 2. The topological polar surface area (TPSA) is 112 Å². The van der Waals surface area contributed by atoms with Gasteiger partial charge in [0.15, 0.2) is 0 Å². The highest BCUT2D eigenvalue weighted by atomic mass is 35.5. The molecule has 1 saturated heterocycles. The number of carboxylic acid groups (broad SMARTS) is 1. The van der Waals surface area contributed by atoms with Crippen molar-refractivity contribution in [1.82, 2.24) is 18.5 Å². The number of rotatable bonds is 5. The highest BCUT2D eigenvalue weighted by Crippen LogP contribution is 2.36. The number of halogens is 2. The molecular formula is C26H30Cl2N4O5S. The van der Waals surface area contributed by atoms with Crippen LogP contribution in [0.3, 0.4) is 0 Å². The molecule has 9 nitrogen and oxygen atoms in total. The van der Waals surface area contributed by atoms with Crippen LogP contribution >= 0.6 is 23.2 Å². The van der Waals surface area contributed by atoms with Crippen LogP contribution in [0.2, 0.25) is 10.0 Å². The van der Waals surface area contributed by atoms with E-state index in [1.54, 1.807) is 29.8 Å². The summed E-state index contributed by atoms with van der Waals surface area (Å²) in [5.74, 6) is -0.426. The number of carbonyl (C=O) groups excluding carboxylic acids is 1. The number of carbonyl (C=O) groups is 2. The summed E-state index contributed by atoms with van der Waals surface area (Å²) in [6.45, 7) is 4.54. The van der Waals surface area contributed by atoms with Gasteiger partial charge in [-0.2, -0.15) is 17.0 Å². The quantitative estimate of drug-likeness (QED) is 0.429. The van der Waals surface area contributed by atoms with Crippen molar-refractivity contribution in [3.05, 3.63) is 69.8 Å². The molecule has 0 aliphatic carbocycles. The number of benzene rings is 2. The monoisotopic (exact) mass is 580 g/mol. The summed E-state index contributed by atoms with van der Waals surface area (Å²) in [4.78, 5) is 25.8. The van der Waals surface area contributed by atoms with Crippen molar-refractivity contribution in [3.63, 3.8) is 0 Å². The molecule has 1 fully saturated rings. The molecule has 204 valence electrons. The molecule has 4 rings (SSSR count). The lowest BCUT2D eigenvalue weighted by atomic mass is 9.82. The largest absolute Gasteiger partial charge is 0.464 e. The van der Waals surface area contributed by atoms with Crippen LogP contribution in [0.4, 0.5) is 4.79 Å². The van der Waals surface area contributed by atoms with E-state index in [-0.39, 0.29) is 13.1 Å². The molecule has 1 atom stereocenters. The maximum atomic E-state index is 13.8. The first-order valence-electron chi connectivity index (χ1n) is 12.0. The predicted octanol–water partition coefficient (Wildman–Crippen LogP) is 5.23. The van der Waals surface area contributed by atoms with Gasteiger partial charge in [-0.15, -0.1) is 0 Å². The maximum Gasteiger partial charge on any atom is 0.422 e. The summed E-state index contributed by atoms with van der Waals surface area (Å²) in [5.41, 5.74) is -0.561. The molecule has 0 spiro atoms. The first-order chi connectivity index (χ1) is 17.7. The average Bonchev–Trinajstić information content (AvgIpc) is 3.18. The van der Waals surface area contributed by atoms with Gasteiger partial charge in [0, 0.05) is 31.0 Å². The Bertz CT molecular complexity index is 1500. The van der Waals surface area contributed by atoms with Gasteiger partial charge in [0.05, 0.1) is 21.1 Å². The van der Waals surface area contributed by atoms with Crippen LogP contribution in [0.25, 0.3) is 10.9 Å². The Labute approximate surface area is 232 Å². The zero-order chi connectivity index (χ0) is 28.0. The van der Waals surface area contributed by atoms with Crippen molar-refractivity contribution in [2.45, 2.75) is 44.7 Å². The highest BCUT2D eigenvalue weighted by molar-refractivity contribution is 7.87. The number of aryl methyl sites for hydroxylation is 1. The Morgan fingerprint density at radius 1 is 1.11 bits per heavy atom. The summed E-state index contributed by atoms with van der Waals surface area (Å²) in [5, 5.41) is 14.2. The van der Waals surface area contributed by atoms with Crippen molar-refractivity contribution in [2.24, 2.45) is 7.05 Å². The second-order valence-corrected chi connectivity index (χ2v) is 13.0. The van der Waals surface area contributed by atoms with Gasteiger partial charge in [-0.25, -0.2) is 4.79 Å². The van der Waals surface area contributed by atoms with E-state index in [4.69, 9.17) is 23.2 Å². The number of hydrogen-bond acceptors (Lipinski definition) is 4. The third kappa shape index (κ3) is 4.98. The van der Waals surface area contributed by atoms with Gasteiger partial charge in [-0.1, -0.05) is 53.5 Å². The van der Waals surface area contributed by atoms with E-state index in [2.05, 4.69) is 5.32 Å². The van der Waals surface area contributed by atoms with Crippen LogP contribution in [0.1, 0.15) is 49.7 Å². The van der Waals surface area contributed by atoms with Gasteiger partial charge >= 0.3 is 16.3 Å². The fraction of sp³-hybridized carbons (Fsp3) is 0.385. The number of nitrogens with one attached hydrogen (secondary N) is 1. The summed E-state index contributed by atoms with van der Waals surface area (Å²) < 4.78 is 30.5. The molecule has 1 aliphatic heterocycles. The van der Waals surface area contributed by atoms with Crippen molar-refractivity contribution in [2.75, 3.05) is 13.1 Å². The SMILES string of the molecule is Cn1c(C(=O)NC2(c3ccccc3)CCCN(S(=O)(=O)N(C(=O)O)C(C)(C)C)C2)cc2c(Cl)c(Cl)ccc21. The second-order valence-electron chi connectivity index (χ2n) is 10.4. The first-order valence-corrected chi connectivity index (χ1v) is 14.2. The standard InChI is InChI=1S/C26H30Cl2N4O5S/c1-25(2,3)32(24(34)35)38(36,37)31-14-8-13-26(16-31,17-9-6-5-7-10-17)29-23(33)21-15-18-20(30(21)4)12-11-19(27)22(18)28/h5-7,9-12,15H,8,13-14,16H2,1-4H3,(H,29,33)(H,34,35). The van der Waals surface area contributed by atoms with Crippen LogP contribution in [-0.2, 0) is 22.8 Å². The van der Waals surface area contributed by atoms with E-state index in [0.29, 0.717) is 49.4 Å². The molecule has 0 radical (unpaired) electrons. The van der Waals surface area contributed by atoms with Crippen LogP contribution in [0, 0.1) is 0 Å². The number of nitrogens with zero attached hydrogens (tertiary/aromatic N) is 3. The Morgan fingerprint density at radius 3 is 2.37 bits per heavy atom. The lowest BCUT2D eigenvalue weighted by Gasteiger charge is -2.45. The highest BCUT2D eigenvalue weighted by Gasteiger charge is 2.47. The molecule has 12 heteroatoms. The van der Waals surface area contributed by atoms with E-state index >= 15 is 0 Å². The van der Waals surface area contributed by atoms with Crippen molar-refractivity contribution < 1.29 is 23.1 Å². The van der Waals surface area contributed by atoms with Crippen molar-refractivity contribution >= 4 is 56.3 Å². The molecule has 2 N–H and O–H groups in total. The van der Waals surface area contributed by atoms with Gasteiger partial charge < -0.3 is 15.0 Å². The third-order valence-corrected chi connectivity index (χ3v) is 9.77. The molecule has 1 unspecified atom stereocenters. The summed E-state index contributed by atoms with van der Waals surface area (Å²) in [6.07, 6.45) is -0.709. The lowest BCUT2D eigenvalue weighted by molar-refractivity contribution is 0.0824. The van der Waals surface area contributed by atoms with Gasteiger partial charge in [0.2, 0.25) is 0 Å². The summed E-state index contributed by atoms with van der Waals surface area (Å²) >= 11 is 12.6. The smallest absolute Gasteiger partial charge is 0.422 e. The van der Waals surface area contributed by atoms with E-state index in [1.165, 1.54) is 20.8 Å². The average molecular weight is 582 g/mol. The van der Waals surface area contributed by atoms with Gasteiger partial charge in [0.25, 0.3) is 5.91 Å². The molecule has 1 aromatic heterocycles. The van der Waals surface area contributed by atoms with E-state index in [0.717, 1.165) is 4.31 Å². The van der Waals surface area contributed by atoms with E-state index in [9.17, 15) is 23.1 Å². The van der Waals surface area contributed by atoms with Crippen LogP contribution in [0.5, 0.6) is 0 Å². The number of aromatic nitrogens is 1. The minimum absolute atomic E-state index is 0.120. The molecule has 0 bridgehead atoms. The van der Waals surface area contributed by atoms with Gasteiger partial charge in [0.1, 0.15) is 5.69 Å². The lowest BCUT2D eigenvalue weighted by Crippen LogP contribution is -2.62. The van der Waals surface area contributed by atoms with Gasteiger partial charge in [-0.3, -0.25) is 4.79 Å². The normalized spacial score (nSPS) is 18.9. The fourth-order valence-corrected chi connectivity index (χ4v) is 7.32. The molecule has 38 heavy (non-hydrogen) atoms. The third-order valence-electron chi connectivity index (χ3n) is 6.82. The Balaban J connectivity index is 1.77.